The van der Waals surface area contributed by atoms with Crippen LogP contribution in [0, 0.1) is 0 Å². The molecule has 0 radical (unpaired) electrons. The Hall–Kier alpha value is -1.37. The predicted octanol–water partition coefficient (Wildman–Crippen LogP) is 1.10. The molecule has 0 N–H and O–H groups in total. The number of hydrogen-bond donors (Lipinski definition) is 0. The highest BCUT2D eigenvalue weighted by atomic mass is 16.1. The Balaban J connectivity index is 3.52. The van der Waals surface area contributed by atoms with Crippen LogP contribution in [0.5, 0.6) is 0 Å². The Morgan fingerprint density at radius 2 is 1.75 bits per heavy atom. The minimum atomic E-state index is 0.730. The fourth-order valence-corrected chi connectivity index (χ4v) is 1.18. The van der Waals surface area contributed by atoms with Gasteiger partial charge < -0.3 is 0 Å². The molecule has 0 aliphatic carbocycles. The molecule has 0 atom stereocenters. The molecule has 0 spiro atoms. The van der Waals surface area contributed by atoms with Gasteiger partial charge in [-0.05, 0) is 30.4 Å². The zero-order valence-corrected chi connectivity index (χ0v) is 7.37. The van der Waals surface area contributed by atoms with Gasteiger partial charge in [0, 0.05) is 5.56 Å². The molecular formula is C11H12O. The molecule has 0 fully saturated rings. The lowest BCUT2D eigenvalue weighted by atomic mass is 10.1. The highest BCUT2D eigenvalue weighted by molar-refractivity contribution is 5.74. The first-order valence-electron chi connectivity index (χ1n) is 3.99. The Bertz CT molecular complexity index is 388. The van der Waals surface area contributed by atoms with Crippen molar-refractivity contribution in [2.75, 3.05) is 0 Å². The molecule has 1 nitrogen and oxygen atoms in total. The lowest BCUT2D eigenvalue weighted by Gasteiger charge is -1.91. The monoisotopic (exact) mass is 160 g/mol. The number of benzene rings is 1. The molecule has 1 rings (SSSR count). The van der Waals surface area contributed by atoms with Crippen molar-refractivity contribution < 1.29 is 4.79 Å². The maximum Gasteiger partial charge on any atom is 0.150 e. The van der Waals surface area contributed by atoms with E-state index < -0.39 is 0 Å². The average Bonchev–Trinajstić information content (AvgIpc) is 2.16. The van der Waals surface area contributed by atoms with Crippen molar-refractivity contribution in [1.82, 2.24) is 0 Å². The van der Waals surface area contributed by atoms with Crippen molar-refractivity contribution in [1.29, 1.82) is 0 Å². The molecule has 0 unspecified atom stereocenters. The summed E-state index contributed by atoms with van der Waals surface area (Å²) in [5.41, 5.74) is 0.730. The van der Waals surface area contributed by atoms with E-state index in [-0.39, 0.29) is 0 Å². The van der Waals surface area contributed by atoms with E-state index in [0.29, 0.717) is 0 Å². The highest BCUT2D eigenvalue weighted by Gasteiger charge is 1.88. The Labute approximate surface area is 72.0 Å². The van der Waals surface area contributed by atoms with E-state index >= 15 is 0 Å². The summed E-state index contributed by atoms with van der Waals surface area (Å²) < 4.78 is 0. The molecule has 0 saturated carbocycles. The molecule has 12 heavy (non-hydrogen) atoms. The molecule has 1 aromatic carbocycles. The van der Waals surface area contributed by atoms with Crippen LogP contribution >= 0.6 is 0 Å². The van der Waals surface area contributed by atoms with Crippen molar-refractivity contribution in [2.24, 2.45) is 0 Å². The van der Waals surface area contributed by atoms with E-state index in [1.165, 1.54) is 5.22 Å². The van der Waals surface area contributed by atoms with Crippen LogP contribution in [0.1, 0.15) is 24.2 Å². The van der Waals surface area contributed by atoms with Crippen LogP contribution in [0.15, 0.2) is 18.2 Å². The van der Waals surface area contributed by atoms with E-state index in [1.807, 2.05) is 44.2 Å². The molecule has 0 bridgehead atoms. The van der Waals surface area contributed by atoms with Gasteiger partial charge in [0.25, 0.3) is 0 Å². The van der Waals surface area contributed by atoms with Gasteiger partial charge in [0.05, 0.1) is 0 Å². The van der Waals surface area contributed by atoms with Gasteiger partial charge in [-0.1, -0.05) is 24.3 Å². The van der Waals surface area contributed by atoms with Crippen LogP contribution in [-0.4, -0.2) is 6.29 Å². The fourth-order valence-electron chi connectivity index (χ4n) is 1.18. The van der Waals surface area contributed by atoms with E-state index in [1.54, 1.807) is 0 Å². The lowest BCUT2D eigenvalue weighted by Crippen LogP contribution is -2.23. The average molecular weight is 160 g/mol. The van der Waals surface area contributed by atoms with Crippen molar-refractivity contribution in [2.45, 2.75) is 13.8 Å². The molecule has 0 aliphatic heterocycles. The van der Waals surface area contributed by atoms with Crippen molar-refractivity contribution in [3.8, 4) is 0 Å². The Morgan fingerprint density at radius 1 is 1.08 bits per heavy atom. The molecule has 0 aromatic heterocycles. The summed E-state index contributed by atoms with van der Waals surface area (Å²) in [5.74, 6) is 0. The quantitative estimate of drug-likeness (QED) is 0.562. The van der Waals surface area contributed by atoms with E-state index in [4.69, 9.17) is 0 Å². The third-order valence-corrected chi connectivity index (χ3v) is 1.87. The van der Waals surface area contributed by atoms with Gasteiger partial charge in [-0.3, -0.25) is 4.79 Å². The molecule has 0 aliphatic rings. The second-order valence-corrected chi connectivity index (χ2v) is 2.58. The first kappa shape index (κ1) is 8.72. The molecular weight excluding hydrogens is 148 g/mol. The van der Waals surface area contributed by atoms with Crippen molar-refractivity contribution in [3.05, 3.63) is 34.2 Å². The topological polar surface area (TPSA) is 17.1 Å². The lowest BCUT2D eigenvalue weighted by molar-refractivity contribution is 0.112. The second-order valence-electron chi connectivity index (χ2n) is 2.58. The first-order valence-corrected chi connectivity index (χ1v) is 3.99. The fraction of sp³-hybridized carbons (Fsp3) is 0.182. The maximum atomic E-state index is 10.5. The molecule has 0 heterocycles. The normalized spacial score (nSPS) is 13.5. The van der Waals surface area contributed by atoms with Crippen LogP contribution in [0.3, 0.4) is 0 Å². The predicted molar refractivity (Wildman–Crippen MR) is 51.4 cm³/mol. The van der Waals surface area contributed by atoms with E-state index in [2.05, 4.69) is 0 Å². The van der Waals surface area contributed by atoms with Crippen LogP contribution in [0.25, 0.3) is 12.2 Å². The molecule has 1 heteroatoms. The van der Waals surface area contributed by atoms with Crippen molar-refractivity contribution in [3.63, 3.8) is 0 Å². The van der Waals surface area contributed by atoms with Crippen LogP contribution < -0.4 is 10.4 Å². The number of hydrogen-bond acceptors (Lipinski definition) is 1. The number of rotatable bonds is 1. The van der Waals surface area contributed by atoms with Crippen LogP contribution in [-0.2, 0) is 0 Å². The summed E-state index contributed by atoms with van der Waals surface area (Å²) in [6.07, 6.45) is 4.90. The van der Waals surface area contributed by atoms with Gasteiger partial charge in [-0.25, -0.2) is 0 Å². The minimum Gasteiger partial charge on any atom is -0.298 e. The third kappa shape index (κ3) is 1.62. The van der Waals surface area contributed by atoms with Gasteiger partial charge >= 0.3 is 0 Å². The van der Waals surface area contributed by atoms with Gasteiger partial charge in [0.15, 0.2) is 0 Å². The van der Waals surface area contributed by atoms with Crippen LogP contribution in [0.4, 0.5) is 0 Å². The number of carbonyl (C=O) groups excluding carboxylic acids is 1. The SMILES string of the molecule is C/C=c1/ccc(C=O)c/c1=C/C. The first-order chi connectivity index (χ1) is 5.81. The number of aldehydes is 1. The summed E-state index contributed by atoms with van der Waals surface area (Å²) in [7, 11) is 0. The largest absolute Gasteiger partial charge is 0.298 e. The van der Waals surface area contributed by atoms with Gasteiger partial charge in [0.2, 0.25) is 0 Å². The smallest absolute Gasteiger partial charge is 0.150 e. The minimum absolute atomic E-state index is 0.730. The summed E-state index contributed by atoms with van der Waals surface area (Å²) >= 11 is 0. The molecule has 62 valence electrons. The Morgan fingerprint density at radius 3 is 2.25 bits per heavy atom. The van der Waals surface area contributed by atoms with Gasteiger partial charge in [-0.15, -0.1) is 0 Å². The summed E-state index contributed by atoms with van der Waals surface area (Å²) in [4.78, 5) is 10.5. The Kier molecular flexibility index (Phi) is 2.81. The van der Waals surface area contributed by atoms with E-state index in [0.717, 1.165) is 17.1 Å². The summed E-state index contributed by atoms with van der Waals surface area (Å²) in [6.45, 7) is 3.96. The molecule has 0 amide bonds. The standard InChI is InChI=1S/C11H12O/c1-3-10-6-5-9(8-12)7-11(10)4-2/h3-8H,1-2H3/b10-3-,11-4-. The van der Waals surface area contributed by atoms with Gasteiger partial charge in [-0.2, -0.15) is 0 Å². The second kappa shape index (κ2) is 3.86. The number of carbonyl (C=O) groups is 1. The van der Waals surface area contributed by atoms with Crippen molar-refractivity contribution >= 4 is 18.4 Å². The summed E-state index contributed by atoms with van der Waals surface area (Å²) in [6, 6.07) is 5.68. The molecule has 0 saturated heterocycles. The molecule has 1 aromatic rings. The third-order valence-electron chi connectivity index (χ3n) is 1.87. The maximum absolute atomic E-state index is 10.5. The summed E-state index contributed by atoms with van der Waals surface area (Å²) in [5, 5.41) is 2.28. The zero-order valence-electron chi connectivity index (χ0n) is 7.37. The van der Waals surface area contributed by atoms with E-state index in [9.17, 15) is 4.79 Å². The van der Waals surface area contributed by atoms with Gasteiger partial charge in [0.1, 0.15) is 6.29 Å². The highest BCUT2D eigenvalue weighted by Crippen LogP contribution is 1.85. The zero-order chi connectivity index (χ0) is 8.97. The van der Waals surface area contributed by atoms with Crippen LogP contribution in [0.2, 0.25) is 0 Å².